The summed E-state index contributed by atoms with van der Waals surface area (Å²) in [6.07, 6.45) is 2.66. The summed E-state index contributed by atoms with van der Waals surface area (Å²) in [5, 5.41) is 6.10. The van der Waals surface area contributed by atoms with Gasteiger partial charge >= 0.3 is 0 Å². The first kappa shape index (κ1) is 15.5. The Kier molecular flexibility index (Phi) is 5.33. The fraction of sp³-hybridized carbons (Fsp3) is 0.250. The molecule has 0 fully saturated rings. The van der Waals surface area contributed by atoms with Crippen LogP contribution in [0, 0.1) is 6.92 Å². The van der Waals surface area contributed by atoms with Crippen molar-refractivity contribution in [2.24, 2.45) is 0 Å². The molecule has 2 rings (SSSR count). The van der Waals surface area contributed by atoms with Gasteiger partial charge in [-0.25, -0.2) is 4.98 Å². The van der Waals surface area contributed by atoms with Gasteiger partial charge in [-0.05, 0) is 49.2 Å². The van der Waals surface area contributed by atoms with E-state index in [1.54, 1.807) is 18.3 Å². The summed E-state index contributed by atoms with van der Waals surface area (Å²) in [6, 6.07) is 9.29. The standard InChI is InChI=1S/C16H18BrN3O/c1-3-8-18-15-13(5-4-9-19-15)16(21)20-14-7-6-12(17)10-11(14)2/h4-7,9-10H,3,8H2,1-2H3,(H,18,19)(H,20,21). The maximum Gasteiger partial charge on any atom is 0.259 e. The van der Waals surface area contributed by atoms with Crippen molar-refractivity contribution in [3.8, 4) is 0 Å². The zero-order valence-corrected chi connectivity index (χ0v) is 13.7. The first-order valence-corrected chi connectivity index (χ1v) is 7.67. The molecule has 0 saturated carbocycles. The molecule has 1 amide bonds. The number of benzene rings is 1. The number of nitrogens with zero attached hydrogens (tertiary/aromatic N) is 1. The summed E-state index contributed by atoms with van der Waals surface area (Å²) in [7, 11) is 0. The van der Waals surface area contributed by atoms with Crippen LogP contribution in [0.25, 0.3) is 0 Å². The first-order chi connectivity index (χ1) is 10.1. The van der Waals surface area contributed by atoms with Crippen LogP contribution in [0.15, 0.2) is 41.0 Å². The second-order valence-electron chi connectivity index (χ2n) is 4.74. The van der Waals surface area contributed by atoms with Gasteiger partial charge in [-0.2, -0.15) is 0 Å². The number of nitrogens with one attached hydrogen (secondary N) is 2. The molecular weight excluding hydrogens is 330 g/mol. The average Bonchev–Trinajstić information content (AvgIpc) is 2.48. The Morgan fingerprint density at radius 2 is 2.14 bits per heavy atom. The van der Waals surface area contributed by atoms with Crippen LogP contribution in [-0.2, 0) is 0 Å². The van der Waals surface area contributed by atoms with Crippen molar-refractivity contribution in [2.45, 2.75) is 20.3 Å². The first-order valence-electron chi connectivity index (χ1n) is 6.88. The van der Waals surface area contributed by atoms with Crippen molar-refractivity contribution in [1.29, 1.82) is 0 Å². The minimum atomic E-state index is -0.160. The lowest BCUT2D eigenvalue weighted by Gasteiger charge is -2.12. The largest absolute Gasteiger partial charge is 0.369 e. The van der Waals surface area contributed by atoms with Gasteiger partial charge < -0.3 is 10.6 Å². The molecular formula is C16H18BrN3O. The molecule has 1 heterocycles. The predicted octanol–water partition coefficient (Wildman–Crippen LogP) is 4.23. The number of amides is 1. The molecule has 21 heavy (non-hydrogen) atoms. The molecule has 2 aromatic rings. The highest BCUT2D eigenvalue weighted by Crippen LogP contribution is 2.21. The van der Waals surface area contributed by atoms with Crippen molar-refractivity contribution in [3.63, 3.8) is 0 Å². The highest BCUT2D eigenvalue weighted by molar-refractivity contribution is 9.10. The lowest BCUT2D eigenvalue weighted by molar-refractivity contribution is 0.102. The van der Waals surface area contributed by atoms with Gasteiger partial charge in [0.1, 0.15) is 5.82 Å². The van der Waals surface area contributed by atoms with Gasteiger partial charge in [0.05, 0.1) is 5.56 Å². The van der Waals surface area contributed by atoms with Gasteiger partial charge in [-0.15, -0.1) is 0 Å². The van der Waals surface area contributed by atoms with Crippen LogP contribution in [0.3, 0.4) is 0 Å². The molecule has 110 valence electrons. The van der Waals surface area contributed by atoms with E-state index in [9.17, 15) is 4.79 Å². The molecule has 0 atom stereocenters. The Balaban J connectivity index is 2.20. The molecule has 2 N–H and O–H groups in total. The van der Waals surface area contributed by atoms with Crippen LogP contribution in [0.2, 0.25) is 0 Å². The molecule has 4 nitrogen and oxygen atoms in total. The van der Waals surface area contributed by atoms with Crippen LogP contribution in [0.4, 0.5) is 11.5 Å². The number of rotatable bonds is 5. The van der Waals surface area contributed by atoms with Crippen LogP contribution in [0.1, 0.15) is 29.3 Å². The third-order valence-corrected chi connectivity index (χ3v) is 3.52. The van der Waals surface area contributed by atoms with Gasteiger partial charge in [-0.1, -0.05) is 22.9 Å². The number of anilines is 2. The van der Waals surface area contributed by atoms with E-state index < -0.39 is 0 Å². The van der Waals surface area contributed by atoms with Crippen LogP contribution in [-0.4, -0.2) is 17.4 Å². The SMILES string of the molecule is CCCNc1ncccc1C(=O)Nc1ccc(Br)cc1C. The van der Waals surface area contributed by atoms with Gasteiger partial charge in [0.2, 0.25) is 0 Å². The zero-order valence-electron chi connectivity index (χ0n) is 12.1. The van der Waals surface area contributed by atoms with Crippen LogP contribution in [0.5, 0.6) is 0 Å². The third kappa shape index (κ3) is 4.04. The molecule has 0 saturated heterocycles. The van der Waals surface area contributed by atoms with E-state index in [0.29, 0.717) is 11.4 Å². The molecule has 0 aliphatic heterocycles. The van der Waals surface area contributed by atoms with Crippen molar-refractivity contribution in [3.05, 3.63) is 52.1 Å². The number of halogens is 1. The minimum absolute atomic E-state index is 0.160. The van der Waals surface area contributed by atoms with Gasteiger partial charge in [0, 0.05) is 22.9 Å². The van der Waals surface area contributed by atoms with Gasteiger partial charge in [0.15, 0.2) is 0 Å². The molecule has 0 radical (unpaired) electrons. The fourth-order valence-corrected chi connectivity index (χ4v) is 2.41. The average molecular weight is 348 g/mol. The van der Waals surface area contributed by atoms with Gasteiger partial charge in [0.25, 0.3) is 5.91 Å². The summed E-state index contributed by atoms with van der Waals surface area (Å²) in [6.45, 7) is 4.81. The Bertz CT molecular complexity index is 643. The summed E-state index contributed by atoms with van der Waals surface area (Å²) in [5.41, 5.74) is 2.35. The summed E-state index contributed by atoms with van der Waals surface area (Å²) >= 11 is 3.41. The second kappa shape index (κ2) is 7.22. The molecule has 0 aliphatic carbocycles. The van der Waals surface area contributed by atoms with Crippen LogP contribution < -0.4 is 10.6 Å². The topological polar surface area (TPSA) is 54.0 Å². The number of aromatic nitrogens is 1. The minimum Gasteiger partial charge on any atom is -0.369 e. The van der Waals surface area contributed by atoms with E-state index in [0.717, 1.165) is 28.7 Å². The second-order valence-corrected chi connectivity index (χ2v) is 5.66. The van der Waals surface area contributed by atoms with E-state index in [1.807, 2.05) is 25.1 Å². The highest BCUT2D eigenvalue weighted by Gasteiger charge is 2.13. The number of hydrogen-bond donors (Lipinski definition) is 2. The molecule has 0 bridgehead atoms. The molecule has 1 aromatic carbocycles. The molecule has 5 heteroatoms. The lowest BCUT2D eigenvalue weighted by Crippen LogP contribution is -2.16. The Labute approximate surface area is 133 Å². The summed E-state index contributed by atoms with van der Waals surface area (Å²) < 4.78 is 0.990. The number of carbonyl (C=O) groups is 1. The highest BCUT2D eigenvalue weighted by atomic mass is 79.9. The van der Waals surface area contributed by atoms with E-state index in [1.165, 1.54) is 0 Å². The van der Waals surface area contributed by atoms with E-state index >= 15 is 0 Å². The number of pyridine rings is 1. The molecule has 0 aliphatic rings. The maximum absolute atomic E-state index is 12.4. The van der Waals surface area contributed by atoms with E-state index in [2.05, 4.69) is 38.5 Å². The molecule has 1 aromatic heterocycles. The Morgan fingerprint density at radius 1 is 1.33 bits per heavy atom. The third-order valence-electron chi connectivity index (χ3n) is 3.03. The fourth-order valence-electron chi connectivity index (χ4n) is 1.93. The number of carbonyl (C=O) groups excluding carboxylic acids is 1. The Hall–Kier alpha value is -1.88. The maximum atomic E-state index is 12.4. The molecule has 0 unspecified atom stereocenters. The van der Waals surface area contributed by atoms with Crippen molar-refractivity contribution < 1.29 is 4.79 Å². The van der Waals surface area contributed by atoms with E-state index in [-0.39, 0.29) is 5.91 Å². The quantitative estimate of drug-likeness (QED) is 0.850. The lowest BCUT2D eigenvalue weighted by atomic mass is 10.2. The number of hydrogen-bond acceptors (Lipinski definition) is 3. The summed E-state index contributed by atoms with van der Waals surface area (Å²) in [5.74, 6) is 0.457. The van der Waals surface area contributed by atoms with Crippen LogP contribution >= 0.6 is 15.9 Å². The molecule has 0 spiro atoms. The van der Waals surface area contributed by atoms with Crippen molar-refractivity contribution in [2.75, 3.05) is 17.2 Å². The van der Waals surface area contributed by atoms with Crippen molar-refractivity contribution in [1.82, 2.24) is 4.98 Å². The summed E-state index contributed by atoms with van der Waals surface area (Å²) in [4.78, 5) is 16.7. The zero-order chi connectivity index (χ0) is 15.2. The predicted molar refractivity (Wildman–Crippen MR) is 89.8 cm³/mol. The monoisotopic (exact) mass is 347 g/mol. The Morgan fingerprint density at radius 3 is 2.86 bits per heavy atom. The van der Waals surface area contributed by atoms with E-state index in [4.69, 9.17) is 0 Å². The smallest absolute Gasteiger partial charge is 0.259 e. The van der Waals surface area contributed by atoms with Gasteiger partial charge in [-0.3, -0.25) is 4.79 Å². The number of aryl methyl sites for hydroxylation is 1. The normalized spacial score (nSPS) is 10.2. The van der Waals surface area contributed by atoms with Crippen molar-refractivity contribution >= 4 is 33.3 Å².